The van der Waals surface area contributed by atoms with Gasteiger partial charge in [0.25, 0.3) is 5.91 Å². The first-order valence-corrected chi connectivity index (χ1v) is 8.87. The highest BCUT2D eigenvalue weighted by Gasteiger charge is 2.15. The summed E-state index contributed by atoms with van der Waals surface area (Å²) in [6.07, 6.45) is 4.19. The Morgan fingerprint density at radius 3 is 2.52 bits per heavy atom. The number of ether oxygens (including phenoxy) is 1. The SMILES string of the molecule is CC[C@H](C)NC(=O)c1cccnc1Oc1ccc(Nc2ccccn2)cc1. The normalized spacial score (nSPS) is 11.5. The lowest BCUT2D eigenvalue weighted by atomic mass is 10.2. The molecule has 2 heterocycles. The summed E-state index contributed by atoms with van der Waals surface area (Å²) in [5.74, 6) is 1.45. The van der Waals surface area contributed by atoms with Gasteiger partial charge in [-0.15, -0.1) is 0 Å². The molecule has 6 nitrogen and oxygen atoms in total. The topological polar surface area (TPSA) is 76.1 Å². The van der Waals surface area contributed by atoms with Crippen molar-refractivity contribution in [3.8, 4) is 11.6 Å². The van der Waals surface area contributed by atoms with E-state index in [1.807, 2.05) is 56.3 Å². The molecule has 0 saturated heterocycles. The molecule has 0 unspecified atom stereocenters. The number of benzene rings is 1. The molecule has 6 heteroatoms. The molecule has 0 aliphatic heterocycles. The van der Waals surface area contributed by atoms with Crippen LogP contribution in [-0.4, -0.2) is 21.9 Å². The van der Waals surface area contributed by atoms with E-state index in [0.29, 0.717) is 11.3 Å². The molecule has 0 bridgehead atoms. The largest absolute Gasteiger partial charge is 0.438 e. The van der Waals surface area contributed by atoms with Crippen LogP contribution in [0.1, 0.15) is 30.6 Å². The van der Waals surface area contributed by atoms with Crippen molar-refractivity contribution in [3.05, 3.63) is 72.6 Å². The molecule has 3 aromatic rings. The van der Waals surface area contributed by atoms with Gasteiger partial charge in [-0.1, -0.05) is 13.0 Å². The zero-order chi connectivity index (χ0) is 19.1. The highest BCUT2D eigenvalue weighted by atomic mass is 16.5. The molecule has 27 heavy (non-hydrogen) atoms. The maximum Gasteiger partial charge on any atom is 0.256 e. The van der Waals surface area contributed by atoms with Crippen LogP contribution in [0.15, 0.2) is 67.0 Å². The van der Waals surface area contributed by atoms with E-state index >= 15 is 0 Å². The summed E-state index contributed by atoms with van der Waals surface area (Å²) in [5.41, 5.74) is 1.30. The summed E-state index contributed by atoms with van der Waals surface area (Å²) in [6.45, 7) is 3.98. The molecule has 0 saturated carbocycles. The molecule has 1 aromatic carbocycles. The van der Waals surface area contributed by atoms with Crippen LogP contribution in [-0.2, 0) is 0 Å². The fourth-order valence-electron chi connectivity index (χ4n) is 2.35. The zero-order valence-corrected chi connectivity index (χ0v) is 15.3. The van der Waals surface area contributed by atoms with Crippen molar-refractivity contribution in [3.63, 3.8) is 0 Å². The van der Waals surface area contributed by atoms with Gasteiger partial charge in [0.1, 0.15) is 17.1 Å². The van der Waals surface area contributed by atoms with E-state index in [9.17, 15) is 4.79 Å². The predicted molar refractivity (Wildman–Crippen MR) is 105 cm³/mol. The van der Waals surface area contributed by atoms with Crippen LogP contribution >= 0.6 is 0 Å². The van der Waals surface area contributed by atoms with E-state index in [0.717, 1.165) is 17.9 Å². The minimum absolute atomic E-state index is 0.0857. The number of hydrogen-bond donors (Lipinski definition) is 2. The highest BCUT2D eigenvalue weighted by molar-refractivity contribution is 5.96. The number of pyridine rings is 2. The summed E-state index contributed by atoms with van der Waals surface area (Å²) in [6, 6.07) is 16.6. The minimum Gasteiger partial charge on any atom is -0.438 e. The molecule has 3 rings (SSSR count). The molecule has 2 N–H and O–H groups in total. The highest BCUT2D eigenvalue weighted by Crippen LogP contribution is 2.25. The molecule has 2 aromatic heterocycles. The van der Waals surface area contributed by atoms with E-state index < -0.39 is 0 Å². The Morgan fingerprint density at radius 1 is 1.04 bits per heavy atom. The number of rotatable bonds is 7. The quantitative estimate of drug-likeness (QED) is 0.645. The van der Waals surface area contributed by atoms with Crippen molar-refractivity contribution >= 4 is 17.4 Å². The van der Waals surface area contributed by atoms with Crippen LogP contribution in [0.5, 0.6) is 11.6 Å². The Kier molecular flexibility index (Phi) is 5.99. The molecular weight excluding hydrogens is 340 g/mol. The zero-order valence-electron chi connectivity index (χ0n) is 15.3. The fourth-order valence-corrected chi connectivity index (χ4v) is 2.35. The lowest BCUT2D eigenvalue weighted by Crippen LogP contribution is -2.32. The van der Waals surface area contributed by atoms with E-state index in [-0.39, 0.29) is 17.8 Å². The third-order valence-electron chi connectivity index (χ3n) is 4.01. The van der Waals surface area contributed by atoms with Gasteiger partial charge >= 0.3 is 0 Å². The molecule has 0 aliphatic carbocycles. The number of amides is 1. The third kappa shape index (κ3) is 5.04. The monoisotopic (exact) mass is 362 g/mol. The summed E-state index contributed by atoms with van der Waals surface area (Å²) >= 11 is 0. The number of carbonyl (C=O) groups excluding carboxylic acids is 1. The Morgan fingerprint density at radius 2 is 1.81 bits per heavy atom. The van der Waals surface area contributed by atoms with Crippen molar-refractivity contribution in [2.45, 2.75) is 26.3 Å². The third-order valence-corrected chi connectivity index (χ3v) is 4.01. The van der Waals surface area contributed by atoms with Crippen LogP contribution in [0.2, 0.25) is 0 Å². The van der Waals surface area contributed by atoms with Gasteiger partial charge in [0, 0.05) is 24.1 Å². The van der Waals surface area contributed by atoms with Crippen LogP contribution in [0, 0.1) is 0 Å². The first-order chi connectivity index (χ1) is 13.2. The van der Waals surface area contributed by atoms with Gasteiger partial charge in [0.15, 0.2) is 0 Å². The van der Waals surface area contributed by atoms with Gasteiger partial charge in [0.05, 0.1) is 0 Å². The van der Waals surface area contributed by atoms with Crippen molar-refractivity contribution in [1.82, 2.24) is 15.3 Å². The van der Waals surface area contributed by atoms with Crippen LogP contribution in [0.25, 0.3) is 0 Å². The van der Waals surface area contributed by atoms with Crippen LogP contribution < -0.4 is 15.4 Å². The molecular formula is C21H22N4O2. The second kappa shape index (κ2) is 8.80. The summed E-state index contributed by atoms with van der Waals surface area (Å²) in [4.78, 5) is 20.9. The van der Waals surface area contributed by atoms with Gasteiger partial charge in [-0.05, 0) is 61.9 Å². The second-order valence-electron chi connectivity index (χ2n) is 6.11. The van der Waals surface area contributed by atoms with Gasteiger partial charge < -0.3 is 15.4 Å². The number of nitrogens with zero attached hydrogens (tertiary/aromatic N) is 2. The lowest BCUT2D eigenvalue weighted by Gasteiger charge is -2.14. The average Bonchev–Trinajstić information content (AvgIpc) is 2.70. The molecule has 0 aliphatic rings. The van der Waals surface area contributed by atoms with Crippen molar-refractivity contribution < 1.29 is 9.53 Å². The standard InChI is InChI=1S/C21H22N4O2/c1-3-15(2)24-20(26)18-7-6-14-23-21(18)27-17-11-9-16(10-12-17)25-19-8-4-5-13-22-19/h4-15H,3H2,1-2H3,(H,22,25)(H,24,26)/t15-/m0/s1. The summed E-state index contributed by atoms with van der Waals surface area (Å²) in [7, 11) is 0. The Balaban J connectivity index is 1.71. The van der Waals surface area contributed by atoms with Crippen molar-refractivity contribution in [1.29, 1.82) is 0 Å². The number of nitrogens with one attached hydrogen (secondary N) is 2. The van der Waals surface area contributed by atoms with E-state index in [4.69, 9.17) is 4.74 Å². The number of carbonyl (C=O) groups is 1. The van der Waals surface area contributed by atoms with E-state index in [1.54, 1.807) is 24.5 Å². The Bertz CT molecular complexity index is 882. The average molecular weight is 362 g/mol. The Labute approximate surface area is 158 Å². The minimum atomic E-state index is -0.194. The summed E-state index contributed by atoms with van der Waals surface area (Å²) in [5, 5.41) is 6.14. The number of aromatic nitrogens is 2. The van der Waals surface area contributed by atoms with Gasteiger partial charge in [-0.25, -0.2) is 9.97 Å². The maximum absolute atomic E-state index is 12.4. The maximum atomic E-state index is 12.4. The smallest absolute Gasteiger partial charge is 0.256 e. The molecule has 0 fully saturated rings. The first-order valence-electron chi connectivity index (χ1n) is 8.87. The predicted octanol–water partition coefficient (Wildman–Crippen LogP) is 4.54. The van der Waals surface area contributed by atoms with E-state index in [1.165, 1.54) is 0 Å². The summed E-state index contributed by atoms with van der Waals surface area (Å²) < 4.78 is 5.84. The van der Waals surface area contributed by atoms with Gasteiger partial charge in [-0.2, -0.15) is 0 Å². The molecule has 138 valence electrons. The lowest BCUT2D eigenvalue weighted by molar-refractivity contribution is 0.0936. The van der Waals surface area contributed by atoms with Crippen molar-refractivity contribution in [2.75, 3.05) is 5.32 Å². The van der Waals surface area contributed by atoms with Crippen LogP contribution in [0.4, 0.5) is 11.5 Å². The number of hydrogen-bond acceptors (Lipinski definition) is 5. The van der Waals surface area contributed by atoms with Gasteiger partial charge in [-0.3, -0.25) is 4.79 Å². The number of anilines is 2. The van der Waals surface area contributed by atoms with Crippen LogP contribution in [0.3, 0.4) is 0 Å². The molecule has 1 amide bonds. The van der Waals surface area contributed by atoms with Crippen molar-refractivity contribution in [2.24, 2.45) is 0 Å². The fraction of sp³-hybridized carbons (Fsp3) is 0.190. The van der Waals surface area contributed by atoms with E-state index in [2.05, 4.69) is 20.6 Å². The second-order valence-corrected chi connectivity index (χ2v) is 6.11. The molecule has 0 radical (unpaired) electrons. The van der Waals surface area contributed by atoms with Gasteiger partial charge in [0.2, 0.25) is 5.88 Å². The Hall–Kier alpha value is -3.41. The molecule has 1 atom stereocenters. The first kappa shape index (κ1) is 18.4. The molecule has 0 spiro atoms.